The Morgan fingerprint density at radius 1 is 1.35 bits per heavy atom. The van der Waals surface area contributed by atoms with Crippen molar-refractivity contribution in [3.63, 3.8) is 0 Å². The van der Waals surface area contributed by atoms with Gasteiger partial charge in [0.05, 0.1) is 34.2 Å². The maximum absolute atomic E-state index is 12.4. The standard InChI is InChI=1S/C14H20N2O3S/c15-12-9-16-8-4-13(12)20(17,18)10-11-3-7-14(19-11)5-1-2-6-14/h4,8-9,11H,1-3,5-7,10,15H2. The summed E-state index contributed by atoms with van der Waals surface area (Å²) in [5, 5.41) is 0. The number of hydrogen-bond donors (Lipinski definition) is 1. The number of anilines is 1. The third kappa shape index (κ3) is 2.54. The SMILES string of the molecule is Nc1cnccc1S(=O)(=O)CC1CCC2(CCCC2)O1. The number of ether oxygens (including phenoxy) is 1. The molecule has 1 saturated heterocycles. The molecule has 1 aliphatic carbocycles. The molecule has 1 spiro atoms. The molecule has 2 N–H and O–H groups in total. The van der Waals surface area contributed by atoms with Gasteiger partial charge in [-0.1, -0.05) is 12.8 Å². The molecule has 1 saturated carbocycles. The first-order valence-corrected chi connectivity index (χ1v) is 8.76. The summed E-state index contributed by atoms with van der Waals surface area (Å²) in [6.07, 6.45) is 8.96. The van der Waals surface area contributed by atoms with Gasteiger partial charge in [-0.25, -0.2) is 8.42 Å². The number of nitrogens with two attached hydrogens (primary N) is 1. The smallest absolute Gasteiger partial charge is 0.183 e. The third-order valence-electron chi connectivity index (χ3n) is 4.40. The largest absolute Gasteiger partial charge is 0.396 e. The van der Waals surface area contributed by atoms with E-state index in [-0.39, 0.29) is 28.0 Å². The molecule has 5 nitrogen and oxygen atoms in total. The molecule has 1 aromatic heterocycles. The Bertz CT molecular complexity index is 594. The van der Waals surface area contributed by atoms with Crippen LogP contribution in [0.5, 0.6) is 0 Å². The highest BCUT2D eigenvalue weighted by Crippen LogP contribution is 2.43. The quantitative estimate of drug-likeness (QED) is 0.921. The van der Waals surface area contributed by atoms with Crippen LogP contribution in [-0.2, 0) is 14.6 Å². The highest BCUT2D eigenvalue weighted by Gasteiger charge is 2.43. The molecule has 1 aromatic rings. The van der Waals surface area contributed by atoms with Gasteiger partial charge in [0.15, 0.2) is 9.84 Å². The zero-order valence-electron chi connectivity index (χ0n) is 11.4. The minimum Gasteiger partial charge on any atom is -0.396 e. The van der Waals surface area contributed by atoms with E-state index in [4.69, 9.17) is 10.5 Å². The predicted octanol–water partition coefficient (Wildman–Crippen LogP) is 1.93. The normalized spacial score (nSPS) is 25.3. The summed E-state index contributed by atoms with van der Waals surface area (Å²) in [6.45, 7) is 0. The van der Waals surface area contributed by atoms with E-state index in [9.17, 15) is 8.42 Å². The Labute approximate surface area is 119 Å². The van der Waals surface area contributed by atoms with Gasteiger partial charge in [0.25, 0.3) is 0 Å². The summed E-state index contributed by atoms with van der Waals surface area (Å²) in [7, 11) is -3.41. The first kappa shape index (κ1) is 13.8. The van der Waals surface area contributed by atoms with Crippen molar-refractivity contribution in [2.75, 3.05) is 11.5 Å². The molecule has 0 radical (unpaired) electrons. The average molecular weight is 296 g/mol. The van der Waals surface area contributed by atoms with Gasteiger partial charge in [-0.15, -0.1) is 0 Å². The van der Waals surface area contributed by atoms with Crippen LogP contribution in [0.1, 0.15) is 38.5 Å². The van der Waals surface area contributed by atoms with E-state index in [2.05, 4.69) is 4.98 Å². The Kier molecular flexibility index (Phi) is 3.46. The average Bonchev–Trinajstić information content (AvgIpc) is 3.00. The molecule has 6 heteroatoms. The van der Waals surface area contributed by atoms with Gasteiger partial charge in [0, 0.05) is 6.20 Å². The van der Waals surface area contributed by atoms with Gasteiger partial charge in [-0.05, 0) is 31.7 Å². The lowest BCUT2D eigenvalue weighted by atomic mass is 9.98. The Hall–Kier alpha value is -1.14. The summed E-state index contributed by atoms with van der Waals surface area (Å²) >= 11 is 0. The molecule has 0 bridgehead atoms. The van der Waals surface area contributed by atoms with Crippen molar-refractivity contribution in [3.05, 3.63) is 18.5 Å². The lowest BCUT2D eigenvalue weighted by molar-refractivity contribution is -0.0272. The summed E-state index contributed by atoms with van der Waals surface area (Å²) in [4.78, 5) is 4.00. The van der Waals surface area contributed by atoms with Crippen molar-refractivity contribution < 1.29 is 13.2 Å². The Morgan fingerprint density at radius 2 is 2.10 bits per heavy atom. The van der Waals surface area contributed by atoms with Gasteiger partial charge in [-0.2, -0.15) is 0 Å². The fraction of sp³-hybridized carbons (Fsp3) is 0.643. The first-order valence-electron chi connectivity index (χ1n) is 7.11. The Morgan fingerprint density at radius 3 is 2.80 bits per heavy atom. The lowest BCUT2D eigenvalue weighted by Gasteiger charge is -2.23. The molecular formula is C14H20N2O3S. The number of nitrogen functional groups attached to an aromatic ring is 1. The number of pyridine rings is 1. The van der Waals surface area contributed by atoms with Crippen molar-refractivity contribution in [2.45, 2.75) is 55.1 Å². The van der Waals surface area contributed by atoms with Crippen molar-refractivity contribution in [1.82, 2.24) is 4.98 Å². The second-order valence-corrected chi connectivity index (χ2v) is 7.87. The van der Waals surface area contributed by atoms with Crippen LogP contribution >= 0.6 is 0 Å². The summed E-state index contributed by atoms with van der Waals surface area (Å²) < 4.78 is 30.9. The zero-order chi connectivity index (χ0) is 14.2. The molecule has 1 unspecified atom stereocenters. The molecule has 0 amide bonds. The van der Waals surface area contributed by atoms with Gasteiger partial charge in [0.2, 0.25) is 0 Å². The van der Waals surface area contributed by atoms with Crippen molar-refractivity contribution in [3.8, 4) is 0 Å². The van der Waals surface area contributed by atoms with Crippen LogP contribution in [0.15, 0.2) is 23.4 Å². The summed E-state index contributed by atoms with van der Waals surface area (Å²) in [5.74, 6) is 0.0168. The second-order valence-electron chi connectivity index (χ2n) is 5.86. The third-order valence-corrected chi connectivity index (χ3v) is 6.26. The van der Waals surface area contributed by atoms with E-state index in [0.29, 0.717) is 0 Å². The zero-order valence-corrected chi connectivity index (χ0v) is 12.2. The molecular weight excluding hydrogens is 276 g/mol. The number of rotatable bonds is 3. The van der Waals surface area contributed by atoms with Crippen molar-refractivity contribution >= 4 is 15.5 Å². The molecule has 2 heterocycles. The van der Waals surface area contributed by atoms with E-state index in [1.165, 1.54) is 31.3 Å². The topological polar surface area (TPSA) is 82.3 Å². The highest BCUT2D eigenvalue weighted by atomic mass is 32.2. The van der Waals surface area contributed by atoms with Gasteiger partial charge < -0.3 is 10.5 Å². The fourth-order valence-corrected chi connectivity index (χ4v) is 5.00. The van der Waals surface area contributed by atoms with Crippen LogP contribution in [-0.4, -0.2) is 30.9 Å². The van der Waals surface area contributed by atoms with Crippen LogP contribution in [0.4, 0.5) is 5.69 Å². The molecule has 2 aliphatic rings. The molecule has 1 aliphatic heterocycles. The second kappa shape index (κ2) is 5.00. The lowest BCUT2D eigenvalue weighted by Crippen LogP contribution is -2.28. The predicted molar refractivity (Wildman–Crippen MR) is 76.0 cm³/mol. The van der Waals surface area contributed by atoms with E-state index in [1.54, 1.807) is 0 Å². The van der Waals surface area contributed by atoms with Crippen molar-refractivity contribution in [2.24, 2.45) is 0 Å². The molecule has 1 atom stereocenters. The van der Waals surface area contributed by atoms with E-state index >= 15 is 0 Å². The van der Waals surface area contributed by atoms with Gasteiger partial charge >= 0.3 is 0 Å². The summed E-state index contributed by atoms with van der Waals surface area (Å²) in [6, 6.07) is 1.46. The van der Waals surface area contributed by atoms with Crippen LogP contribution in [0.3, 0.4) is 0 Å². The molecule has 110 valence electrons. The minimum absolute atomic E-state index is 0.0168. The fourth-order valence-electron chi connectivity index (χ4n) is 3.41. The van der Waals surface area contributed by atoms with Gasteiger partial charge in [0.1, 0.15) is 0 Å². The number of nitrogens with zero attached hydrogens (tertiary/aromatic N) is 1. The van der Waals surface area contributed by atoms with E-state index in [0.717, 1.165) is 25.7 Å². The van der Waals surface area contributed by atoms with Crippen LogP contribution < -0.4 is 5.73 Å². The first-order chi connectivity index (χ1) is 9.51. The van der Waals surface area contributed by atoms with Crippen LogP contribution in [0, 0.1) is 0 Å². The molecule has 0 aromatic carbocycles. The maximum Gasteiger partial charge on any atom is 0.183 e. The maximum atomic E-state index is 12.4. The highest BCUT2D eigenvalue weighted by molar-refractivity contribution is 7.91. The number of hydrogen-bond acceptors (Lipinski definition) is 5. The Balaban J connectivity index is 1.73. The monoisotopic (exact) mass is 296 g/mol. The summed E-state index contributed by atoms with van der Waals surface area (Å²) in [5.41, 5.74) is 5.89. The van der Waals surface area contributed by atoms with Crippen LogP contribution in [0.25, 0.3) is 0 Å². The molecule has 3 rings (SSSR count). The molecule has 20 heavy (non-hydrogen) atoms. The van der Waals surface area contributed by atoms with E-state index in [1.807, 2.05) is 0 Å². The molecule has 2 fully saturated rings. The minimum atomic E-state index is -3.41. The van der Waals surface area contributed by atoms with Crippen LogP contribution in [0.2, 0.25) is 0 Å². The van der Waals surface area contributed by atoms with Gasteiger partial charge in [-0.3, -0.25) is 4.98 Å². The van der Waals surface area contributed by atoms with E-state index < -0.39 is 9.84 Å². The number of sulfone groups is 1. The van der Waals surface area contributed by atoms with Crippen molar-refractivity contribution in [1.29, 1.82) is 0 Å². The number of aromatic nitrogens is 1.